The maximum atomic E-state index is 12.0. The van der Waals surface area contributed by atoms with E-state index in [1.54, 1.807) is 6.07 Å². The third-order valence-corrected chi connectivity index (χ3v) is 3.64. The summed E-state index contributed by atoms with van der Waals surface area (Å²) in [5, 5.41) is 9.99. The predicted octanol–water partition coefficient (Wildman–Crippen LogP) is 3.54. The van der Waals surface area contributed by atoms with Crippen molar-refractivity contribution >= 4 is 17.4 Å². The molecule has 0 aliphatic heterocycles. The van der Waals surface area contributed by atoms with Crippen molar-refractivity contribution < 1.29 is 4.79 Å². The molecule has 1 saturated carbocycles. The van der Waals surface area contributed by atoms with Crippen LogP contribution in [0.25, 0.3) is 0 Å². The first-order valence-corrected chi connectivity index (χ1v) is 6.23. The van der Waals surface area contributed by atoms with Crippen LogP contribution in [0.1, 0.15) is 31.2 Å². The molecule has 1 fully saturated rings. The van der Waals surface area contributed by atoms with Crippen molar-refractivity contribution in [1.82, 2.24) is 0 Å². The van der Waals surface area contributed by atoms with Gasteiger partial charge in [-0.1, -0.05) is 30.2 Å². The Bertz CT molecular complexity index is 477. The van der Waals surface area contributed by atoms with Crippen molar-refractivity contribution in [3.05, 3.63) is 34.9 Å². The summed E-state index contributed by atoms with van der Waals surface area (Å²) in [4.78, 5) is 12.0. The molecule has 1 aromatic carbocycles. The van der Waals surface area contributed by atoms with E-state index in [9.17, 15) is 10.1 Å². The average Bonchev–Trinajstić information content (AvgIpc) is 2.32. The van der Waals surface area contributed by atoms with Gasteiger partial charge in [-0.15, -0.1) is 0 Å². The van der Waals surface area contributed by atoms with Crippen LogP contribution in [0, 0.1) is 16.7 Å². The van der Waals surface area contributed by atoms with Crippen molar-refractivity contribution in [2.24, 2.45) is 5.41 Å². The maximum Gasteiger partial charge on any atom is 0.153 e. The molecule has 17 heavy (non-hydrogen) atoms. The highest BCUT2D eigenvalue weighted by molar-refractivity contribution is 6.30. The second-order valence-corrected chi connectivity index (χ2v) is 5.07. The predicted molar refractivity (Wildman–Crippen MR) is 66.7 cm³/mol. The van der Waals surface area contributed by atoms with Crippen molar-refractivity contribution in [2.45, 2.75) is 32.1 Å². The highest BCUT2D eigenvalue weighted by Crippen LogP contribution is 2.36. The lowest BCUT2D eigenvalue weighted by Gasteiger charge is -2.29. The summed E-state index contributed by atoms with van der Waals surface area (Å²) < 4.78 is 0. The van der Waals surface area contributed by atoms with Gasteiger partial charge in [0.05, 0.1) is 6.07 Å². The number of Topliss-reactive ketones (excluding diaryl/α,β-unsaturated/α-hetero) is 1. The highest BCUT2D eigenvalue weighted by atomic mass is 35.5. The summed E-state index contributed by atoms with van der Waals surface area (Å²) in [6.45, 7) is 0. The average molecular weight is 248 g/mol. The fourth-order valence-corrected chi connectivity index (χ4v) is 2.64. The maximum absolute atomic E-state index is 12.0. The molecule has 1 aliphatic rings. The van der Waals surface area contributed by atoms with Crippen LogP contribution in [0.5, 0.6) is 0 Å². The van der Waals surface area contributed by atoms with Crippen LogP contribution in [0.4, 0.5) is 0 Å². The lowest BCUT2D eigenvalue weighted by atomic mass is 9.70. The van der Waals surface area contributed by atoms with Crippen LogP contribution in [0.2, 0.25) is 5.02 Å². The number of ketones is 1. The van der Waals surface area contributed by atoms with Crippen molar-refractivity contribution in [1.29, 1.82) is 5.26 Å². The van der Waals surface area contributed by atoms with E-state index in [0.29, 0.717) is 24.3 Å². The van der Waals surface area contributed by atoms with Crippen LogP contribution in [-0.2, 0) is 11.2 Å². The molecule has 1 aromatic rings. The normalized spacial score (nSPS) is 24.4. The topological polar surface area (TPSA) is 40.9 Å². The summed E-state index contributed by atoms with van der Waals surface area (Å²) in [6.07, 6.45) is 3.57. The first-order chi connectivity index (χ1) is 8.16. The van der Waals surface area contributed by atoms with Crippen molar-refractivity contribution in [3.63, 3.8) is 0 Å². The van der Waals surface area contributed by atoms with E-state index < -0.39 is 5.41 Å². The molecule has 1 unspecified atom stereocenters. The Labute approximate surface area is 106 Å². The van der Waals surface area contributed by atoms with Gasteiger partial charge in [-0.3, -0.25) is 4.79 Å². The van der Waals surface area contributed by atoms with Gasteiger partial charge in [0.25, 0.3) is 0 Å². The van der Waals surface area contributed by atoms with Gasteiger partial charge in [0, 0.05) is 11.4 Å². The number of halogens is 1. The van der Waals surface area contributed by atoms with Crippen molar-refractivity contribution in [2.75, 3.05) is 0 Å². The molecule has 0 radical (unpaired) electrons. The molecule has 1 aliphatic carbocycles. The zero-order valence-corrected chi connectivity index (χ0v) is 10.3. The lowest BCUT2D eigenvalue weighted by Crippen LogP contribution is -2.34. The Morgan fingerprint density at radius 2 is 2.24 bits per heavy atom. The number of carbonyl (C=O) groups excluding carboxylic acids is 1. The monoisotopic (exact) mass is 247 g/mol. The van der Waals surface area contributed by atoms with Gasteiger partial charge >= 0.3 is 0 Å². The van der Waals surface area contributed by atoms with Gasteiger partial charge in [-0.05, 0) is 37.0 Å². The zero-order valence-electron chi connectivity index (χ0n) is 9.58. The van der Waals surface area contributed by atoms with E-state index in [0.717, 1.165) is 18.4 Å². The van der Waals surface area contributed by atoms with Gasteiger partial charge in [0.1, 0.15) is 5.41 Å². The minimum Gasteiger partial charge on any atom is -0.298 e. The van der Waals surface area contributed by atoms with Crippen LogP contribution in [0.3, 0.4) is 0 Å². The van der Waals surface area contributed by atoms with E-state index in [2.05, 4.69) is 6.07 Å². The molecule has 0 N–H and O–H groups in total. The lowest BCUT2D eigenvalue weighted by molar-refractivity contribution is -0.128. The molecule has 2 rings (SSSR count). The van der Waals surface area contributed by atoms with Gasteiger partial charge in [0.15, 0.2) is 5.78 Å². The van der Waals surface area contributed by atoms with Crippen LogP contribution in [0.15, 0.2) is 24.3 Å². The zero-order chi connectivity index (χ0) is 12.3. The van der Waals surface area contributed by atoms with Crippen LogP contribution < -0.4 is 0 Å². The summed E-state index contributed by atoms with van der Waals surface area (Å²) >= 11 is 5.92. The van der Waals surface area contributed by atoms with E-state index in [1.165, 1.54) is 0 Å². The standard InChI is InChI=1S/C14H14ClNO/c15-12-5-3-4-11(8-12)9-14(10-16)7-2-1-6-13(14)17/h3-5,8H,1-2,6-7,9H2. The largest absolute Gasteiger partial charge is 0.298 e. The first-order valence-electron chi connectivity index (χ1n) is 5.85. The number of rotatable bonds is 2. The minimum atomic E-state index is -0.817. The number of hydrogen-bond acceptors (Lipinski definition) is 2. The van der Waals surface area contributed by atoms with Gasteiger partial charge in [0.2, 0.25) is 0 Å². The SMILES string of the molecule is N#CC1(Cc2cccc(Cl)c2)CCCCC1=O. The molecule has 0 spiro atoms. The molecule has 0 amide bonds. The second-order valence-electron chi connectivity index (χ2n) is 4.63. The Kier molecular flexibility index (Phi) is 3.49. The fourth-order valence-electron chi connectivity index (χ4n) is 2.43. The van der Waals surface area contributed by atoms with Gasteiger partial charge in [-0.2, -0.15) is 5.26 Å². The van der Waals surface area contributed by atoms with E-state index in [4.69, 9.17) is 11.6 Å². The molecule has 0 heterocycles. The minimum absolute atomic E-state index is 0.0891. The molecule has 3 heteroatoms. The third kappa shape index (κ3) is 2.50. The summed E-state index contributed by atoms with van der Waals surface area (Å²) in [5.74, 6) is 0.0891. The smallest absolute Gasteiger partial charge is 0.153 e. The molecule has 2 nitrogen and oxygen atoms in total. The molecule has 0 bridgehead atoms. The molecule has 88 valence electrons. The molecule has 0 aromatic heterocycles. The number of nitrogens with zero attached hydrogens (tertiary/aromatic N) is 1. The molecule has 1 atom stereocenters. The Balaban J connectivity index is 2.25. The summed E-state index contributed by atoms with van der Waals surface area (Å²) in [7, 11) is 0. The third-order valence-electron chi connectivity index (χ3n) is 3.40. The fraction of sp³-hybridized carbons (Fsp3) is 0.429. The Morgan fingerprint density at radius 1 is 1.41 bits per heavy atom. The second kappa shape index (κ2) is 4.89. The molecular formula is C14H14ClNO. The number of carbonyl (C=O) groups is 1. The van der Waals surface area contributed by atoms with E-state index >= 15 is 0 Å². The van der Waals surface area contributed by atoms with Gasteiger partial charge < -0.3 is 0 Å². The van der Waals surface area contributed by atoms with Crippen LogP contribution in [-0.4, -0.2) is 5.78 Å². The Hall–Kier alpha value is -1.33. The number of nitriles is 1. The number of hydrogen-bond donors (Lipinski definition) is 0. The Morgan fingerprint density at radius 3 is 2.88 bits per heavy atom. The summed E-state index contributed by atoms with van der Waals surface area (Å²) in [6, 6.07) is 9.66. The number of benzene rings is 1. The molecular weight excluding hydrogens is 234 g/mol. The van der Waals surface area contributed by atoms with E-state index in [-0.39, 0.29) is 5.78 Å². The van der Waals surface area contributed by atoms with E-state index in [1.807, 2.05) is 18.2 Å². The van der Waals surface area contributed by atoms with Crippen molar-refractivity contribution in [3.8, 4) is 6.07 Å². The van der Waals surface area contributed by atoms with Crippen LogP contribution >= 0.6 is 11.6 Å². The summed E-state index contributed by atoms with van der Waals surface area (Å²) in [5.41, 5.74) is 0.150. The first kappa shape index (κ1) is 12.1. The highest BCUT2D eigenvalue weighted by Gasteiger charge is 2.40. The molecule has 0 saturated heterocycles. The van der Waals surface area contributed by atoms with Gasteiger partial charge in [-0.25, -0.2) is 0 Å². The quantitative estimate of drug-likeness (QED) is 0.802.